The summed E-state index contributed by atoms with van der Waals surface area (Å²) in [6.07, 6.45) is 5.96. The number of amides is 1. The summed E-state index contributed by atoms with van der Waals surface area (Å²) in [5.74, 6) is 2.78. The predicted molar refractivity (Wildman–Crippen MR) is 156 cm³/mol. The minimum atomic E-state index is -0.687. The summed E-state index contributed by atoms with van der Waals surface area (Å²) in [5, 5.41) is 0. The van der Waals surface area contributed by atoms with E-state index >= 15 is 0 Å². The minimum Gasteiger partial charge on any atom is -0.493 e. The van der Waals surface area contributed by atoms with Gasteiger partial charge in [0.1, 0.15) is 11.8 Å². The number of aryl methyl sites for hydroxylation is 1. The largest absolute Gasteiger partial charge is 0.493 e. The maximum absolute atomic E-state index is 13.1. The van der Waals surface area contributed by atoms with Crippen LogP contribution < -0.4 is 33.2 Å². The van der Waals surface area contributed by atoms with Crippen molar-refractivity contribution in [3.63, 3.8) is 0 Å². The second-order valence-corrected chi connectivity index (χ2v) is 9.80. The van der Waals surface area contributed by atoms with Crippen molar-refractivity contribution in [1.29, 1.82) is 0 Å². The van der Waals surface area contributed by atoms with Crippen molar-refractivity contribution in [3.05, 3.63) is 29.8 Å². The average molecular weight is 590 g/mol. The molecule has 1 heterocycles. The number of esters is 1. The Morgan fingerprint density at radius 2 is 1.26 bits per heavy atom. The smallest absolute Gasteiger partial charge is 0.415 e. The lowest BCUT2D eigenvalue weighted by Crippen LogP contribution is -2.49. The number of ether oxygens (including phenoxy) is 8. The first kappa shape index (κ1) is 32.5. The molecule has 3 rings (SSSR count). The van der Waals surface area contributed by atoms with Crippen LogP contribution in [0.5, 0.6) is 40.2 Å². The van der Waals surface area contributed by atoms with Gasteiger partial charge in [0.2, 0.25) is 11.5 Å². The van der Waals surface area contributed by atoms with E-state index in [0.717, 1.165) is 50.5 Å². The fourth-order valence-corrected chi connectivity index (χ4v) is 5.00. The first-order valence-electron chi connectivity index (χ1n) is 14.1. The molecule has 2 aromatic rings. The molecular weight excluding hydrogens is 546 g/mol. The van der Waals surface area contributed by atoms with Crippen LogP contribution in [0.25, 0.3) is 0 Å². The minimum absolute atomic E-state index is 0.221. The van der Waals surface area contributed by atoms with Gasteiger partial charge in [-0.05, 0) is 56.2 Å². The second kappa shape index (κ2) is 16.4. The number of hydrogen-bond acceptors (Lipinski definition) is 10. The summed E-state index contributed by atoms with van der Waals surface area (Å²) >= 11 is 0. The van der Waals surface area contributed by atoms with Gasteiger partial charge in [-0.3, -0.25) is 4.90 Å². The lowest BCUT2D eigenvalue weighted by Gasteiger charge is -2.33. The van der Waals surface area contributed by atoms with E-state index in [1.165, 1.54) is 38.4 Å². The van der Waals surface area contributed by atoms with Gasteiger partial charge >= 0.3 is 12.1 Å². The molecular formula is C31H43NO10. The summed E-state index contributed by atoms with van der Waals surface area (Å²) in [6.45, 7) is 0.708. The van der Waals surface area contributed by atoms with Crippen molar-refractivity contribution in [2.24, 2.45) is 0 Å². The zero-order valence-electron chi connectivity index (χ0n) is 25.5. The number of piperidine rings is 1. The van der Waals surface area contributed by atoms with Gasteiger partial charge in [0.15, 0.2) is 23.0 Å². The highest BCUT2D eigenvalue weighted by Gasteiger charge is 2.35. The van der Waals surface area contributed by atoms with Crippen LogP contribution in [0.1, 0.15) is 50.5 Å². The van der Waals surface area contributed by atoms with Crippen molar-refractivity contribution in [1.82, 2.24) is 4.90 Å². The Balaban J connectivity index is 1.46. The molecule has 11 heteroatoms. The van der Waals surface area contributed by atoms with Gasteiger partial charge in [0.05, 0.1) is 49.3 Å². The number of rotatable bonds is 15. The highest BCUT2D eigenvalue weighted by atomic mass is 16.6. The monoisotopic (exact) mass is 589 g/mol. The van der Waals surface area contributed by atoms with Crippen LogP contribution in [0.15, 0.2) is 24.3 Å². The van der Waals surface area contributed by atoms with Gasteiger partial charge in [-0.15, -0.1) is 0 Å². The number of carbonyl (C=O) groups excluding carboxylic acids is 2. The Hall–Kier alpha value is -4.02. The summed E-state index contributed by atoms with van der Waals surface area (Å²) < 4.78 is 43.4. The van der Waals surface area contributed by atoms with E-state index in [4.69, 9.17) is 37.9 Å². The topological polar surface area (TPSA) is 111 Å². The van der Waals surface area contributed by atoms with Crippen molar-refractivity contribution < 1.29 is 47.5 Å². The first-order valence-corrected chi connectivity index (χ1v) is 14.1. The average Bonchev–Trinajstić information content (AvgIpc) is 3.02. The number of unbranched alkanes of at least 4 members (excludes halogenated alkanes) is 3. The lowest BCUT2D eigenvalue weighted by atomic mass is 10.0. The molecule has 1 atom stereocenters. The number of methoxy groups -OCH3 is 6. The Morgan fingerprint density at radius 3 is 1.81 bits per heavy atom. The third-order valence-electron chi connectivity index (χ3n) is 7.18. The van der Waals surface area contributed by atoms with E-state index in [-0.39, 0.29) is 5.75 Å². The summed E-state index contributed by atoms with van der Waals surface area (Å²) in [4.78, 5) is 27.4. The molecule has 1 saturated heterocycles. The fraction of sp³-hybridized carbons (Fsp3) is 0.548. The van der Waals surface area contributed by atoms with Crippen LogP contribution in [-0.2, 0) is 16.0 Å². The van der Waals surface area contributed by atoms with E-state index in [2.05, 4.69) is 0 Å². The van der Waals surface area contributed by atoms with Crippen molar-refractivity contribution in [2.75, 3.05) is 55.8 Å². The molecule has 0 N–H and O–H groups in total. The molecule has 0 bridgehead atoms. The first-order chi connectivity index (χ1) is 20.4. The molecule has 232 valence electrons. The van der Waals surface area contributed by atoms with E-state index in [1.54, 1.807) is 21.3 Å². The molecule has 0 radical (unpaired) electrons. The highest BCUT2D eigenvalue weighted by molar-refractivity contribution is 5.82. The summed E-state index contributed by atoms with van der Waals surface area (Å²) in [5.41, 5.74) is 1.10. The van der Waals surface area contributed by atoms with Gasteiger partial charge in [-0.25, -0.2) is 9.59 Å². The summed E-state index contributed by atoms with van der Waals surface area (Å²) in [6, 6.07) is 6.32. The molecule has 42 heavy (non-hydrogen) atoms. The zero-order valence-corrected chi connectivity index (χ0v) is 25.5. The number of benzene rings is 2. The third-order valence-corrected chi connectivity index (χ3v) is 7.18. The Kier molecular flexibility index (Phi) is 12.7. The molecule has 0 spiro atoms. The molecule has 0 aliphatic carbocycles. The second-order valence-electron chi connectivity index (χ2n) is 9.80. The Morgan fingerprint density at radius 1 is 0.714 bits per heavy atom. The van der Waals surface area contributed by atoms with E-state index in [0.29, 0.717) is 54.1 Å². The molecule has 0 saturated carbocycles. The summed E-state index contributed by atoms with van der Waals surface area (Å²) in [7, 11) is 9.25. The molecule has 11 nitrogen and oxygen atoms in total. The molecule has 1 aliphatic rings. The van der Waals surface area contributed by atoms with Crippen molar-refractivity contribution in [3.8, 4) is 40.2 Å². The van der Waals surface area contributed by atoms with Crippen LogP contribution in [0.4, 0.5) is 4.79 Å². The number of nitrogens with zero attached hydrogens (tertiary/aromatic N) is 1. The highest BCUT2D eigenvalue weighted by Crippen LogP contribution is 2.41. The lowest BCUT2D eigenvalue weighted by molar-refractivity contribution is -0.150. The van der Waals surface area contributed by atoms with Gasteiger partial charge in [0, 0.05) is 18.7 Å². The van der Waals surface area contributed by atoms with Gasteiger partial charge in [-0.1, -0.05) is 12.8 Å². The van der Waals surface area contributed by atoms with Crippen molar-refractivity contribution >= 4 is 12.1 Å². The molecule has 2 aromatic carbocycles. The molecule has 1 amide bonds. The zero-order chi connectivity index (χ0) is 30.5. The van der Waals surface area contributed by atoms with Crippen molar-refractivity contribution in [2.45, 2.75) is 57.4 Å². The number of carbonyl (C=O) groups is 2. The number of hydrogen-bond donors (Lipinski definition) is 0. The molecule has 1 aliphatic heterocycles. The standard InChI is InChI=1S/C31H43NO10/c1-35-24-17-21(18-25(36-2)28(24)39-5)13-9-7-8-12-16-41-30(33)23-14-10-11-15-32(23)31(34)42-22-19-26(37-3)29(40-6)27(20-22)38-4/h17-20,23H,7-16H2,1-6H3/t23-/m0/s1. The van der Waals surface area contributed by atoms with Gasteiger partial charge in [-0.2, -0.15) is 0 Å². The van der Waals surface area contributed by atoms with Gasteiger partial charge < -0.3 is 37.9 Å². The van der Waals surface area contributed by atoms with Crippen LogP contribution in [0, 0.1) is 0 Å². The SMILES string of the molecule is COc1cc(CCCCCCOC(=O)[C@@H]2CCCCN2C(=O)Oc2cc(OC)c(OC)c(OC)c2)cc(OC)c1OC. The van der Waals surface area contributed by atoms with Crippen LogP contribution in [0.3, 0.4) is 0 Å². The Bertz CT molecular complexity index is 1130. The van der Waals surface area contributed by atoms with E-state index in [9.17, 15) is 9.59 Å². The molecule has 0 unspecified atom stereocenters. The maximum Gasteiger partial charge on any atom is 0.415 e. The third kappa shape index (κ3) is 8.27. The van der Waals surface area contributed by atoms with Crippen LogP contribution >= 0.6 is 0 Å². The van der Waals surface area contributed by atoms with E-state index < -0.39 is 18.1 Å². The maximum atomic E-state index is 13.1. The van der Waals surface area contributed by atoms with Crippen LogP contribution in [-0.4, -0.2) is 78.8 Å². The Labute approximate surface area is 247 Å². The molecule has 0 aromatic heterocycles. The van der Waals surface area contributed by atoms with Gasteiger partial charge in [0.25, 0.3) is 0 Å². The van der Waals surface area contributed by atoms with Crippen LogP contribution in [0.2, 0.25) is 0 Å². The van der Waals surface area contributed by atoms with E-state index in [1.807, 2.05) is 12.1 Å². The molecule has 1 fully saturated rings. The number of likely N-dealkylation sites (tertiary alicyclic amines) is 1. The normalized spacial score (nSPS) is 14.5. The quantitative estimate of drug-likeness (QED) is 0.197. The predicted octanol–water partition coefficient (Wildman–Crippen LogP) is 5.44. The fourth-order valence-electron chi connectivity index (χ4n) is 5.00.